The van der Waals surface area contributed by atoms with E-state index in [9.17, 15) is 4.79 Å². The minimum atomic E-state index is -0.710. The first-order valence-electron chi connectivity index (χ1n) is 11.2. The van der Waals surface area contributed by atoms with E-state index < -0.39 is 11.7 Å². The molecule has 0 amide bonds. The number of nitrogens with two attached hydrogens (primary N) is 1. The molecular weight excluding hydrogens is 476 g/mol. The number of rotatable bonds is 10. The van der Waals surface area contributed by atoms with E-state index in [1.54, 1.807) is 54.6 Å². The van der Waals surface area contributed by atoms with Crippen LogP contribution in [0, 0.1) is 5.41 Å². The third kappa shape index (κ3) is 4.92. The van der Waals surface area contributed by atoms with E-state index in [-0.39, 0.29) is 5.84 Å². The van der Waals surface area contributed by atoms with Gasteiger partial charge in [0.2, 0.25) is 5.75 Å². The standard InChI is InChI=1S/C26H28N6O5/c1-34-19-12-8-7-11-18(19)32-26(33)30-25(31-32)22(29-17-10-6-5-9-16(17)24(27)28)15-13-20(35-2)23(37-4)21(14-15)36-3/h5-14,22,29H,1-4H3,(H3,27,28)(H,30,31,33). The lowest BCUT2D eigenvalue weighted by atomic mass is 10.0. The Morgan fingerprint density at radius 1 is 0.946 bits per heavy atom. The zero-order valence-corrected chi connectivity index (χ0v) is 20.9. The van der Waals surface area contributed by atoms with Crippen molar-refractivity contribution in [2.75, 3.05) is 33.8 Å². The number of methoxy groups -OCH3 is 4. The highest BCUT2D eigenvalue weighted by Crippen LogP contribution is 2.41. The third-order valence-corrected chi connectivity index (χ3v) is 5.76. The topological polar surface area (TPSA) is 150 Å². The molecule has 0 aliphatic carbocycles. The van der Waals surface area contributed by atoms with Crippen LogP contribution in [0.25, 0.3) is 5.69 Å². The van der Waals surface area contributed by atoms with Gasteiger partial charge >= 0.3 is 5.69 Å². The van der Waals surface area contributed by atoms with Crippen molar-refractivity contribution in [3.63, 3.8) is 0 Å². The molecule has 0 aliphatic heterocycles. The van der Waals surface area contributed by atoms with Gasteiger partial charge in [0.15, 0.2) is 17.3 Å². The molecule has 0 spiro atoms. The minimum absolute atomic E-state index is 0.111. The van der Waals surface area contributed by atoms with Gasteiger partial charge in [0, 0.05) is 11.3 Å². The molecule has 3 aromatic carbocycles. The number of nitrogen functional groups attached to an aromatic ring is 1. The number of amidine groups is 1. The van der Waals surface area contributed by atoms with Crippen LogP contribution in [-0.4, -0.2) is 49.0 Å². The van der Waals surface area contributed by atoms with E-state index >= 15 is 0 Å². The summed E-state index contributed by atoms with van der Waals surface area (Å²) < 4.78 is 23.2. The summed E-state index contributed by atoms with van der Waals surface area (Å²) in [6.45, 7) is 0. The Bertz CT molecular complexity index is 1450. The molecule has 0 bridgehead atoms. The van der Waals surface area contributed by atoms with E-state index in [0.717, 1.165) is 0 Å². The predicted molar refractivity (Wildman–Crippen MR) is 140 cm³/mol. The predicted octanol–water partition coefficient (Wildman–Crippen LogP) is 3.08. The van der Waals surface area contributed by atoms with Crippen molar-refractivity contribution < 1.29 is 18.9 Å². The van der Waals surface area contributed by atoms with Crippen LogP contribution in [-0.2, 0) is 0 Å². The third-order valence-electron chi connectivity index (χ3n) is 5.76. The summed E-state index contributed by atoms with van der Waals surface area (Å²) in [6.07, 6.45) is 0. The smallest absolute Gasteiger partial charge is 0.348 e. The molecule has 0 fully saturated rings. The van der Waals surface area contributed by atoms with Gasteiger partial charge in [-0.3, -0.25) is 10.4 Å². The van der Waals surface area contributed by atoms with Gasteiger partial charge < -0.3 is 30.0 Å². The summed E-state index contributed by atoms with van der Waals surface area (Å²) in [5, 5.41) is 16.0. The highest BCUT2D eigenvalue weighted by molar-refractivity contribution is 6.00. The Balaban J connectivity index is 1.92. The van der Waals surface area contributed by atoms with Crippen LogP contribution in [0.1, 0.15) is 23.0 Å². The molecule has 1 aromatic heterocycles. The second kappa shape index (κ2) is 10.8. The van der Waals surface area contributed by atoms with Crippen molar-refractivity contribution in [3.05, 3.63) is 88.1 Å². The fourth-order valence-corrected chi connectivity index (χ4v) is 4.02. The molecule has 0 saturated heterocycles. The molecule has 5 N–H and O–H groups in total. The highest BCUT2D eigenvalue weighted by atomic mass is 16.5. The van der Waals surface area contributed by atoms with Gasteiger partial charge in [0.1, 0.15) is 23.3 Å². The summed E-state index contributed by atoms with van der Waals surface area (Å²) in [5.41, 5.74) is 7.56. The molecule has 192 valence electrons. The molecule has 4 rings (SSSR count). The van der Waals surface area contributed by atoms with Crippen LogP contribution in [0.5, 0.6) is 23.0 Å². The largest absolute Gasteiger partial charge is 0.494 e. The summed E-state index contributed by atoms with van der Waals surface area (Å²) in [5.74, 6) is 1.94. The lowest BCUT2D eigenvalue weighted by Crippen LogP contribution is -2.19. The zero-order chi connectivity index (χ0) is 26.5. The second-order valence-corrected chi connectivity index (χ2v) is 7.89. The fraction of sp³-hybridized carbons (Fsp3) is 0.192. The summed E-state index contributed by atoms with van der Waals surface area (Å²) in [4.78, 5) is 15.9. The molecule has 11 heteroatoms. The van der Waals surface area contributed by atoms with Crippen molar-refractivity contribution in [2.45, 2.75) is 6.04 Å². The summed E-state index contributed by atoms with van der Waals surface area (Å²) >= 11 is 0. The number of para-hydroxylation sites is 3. The Labute approximate surface area is 213 Å². The van der Waals surface area contributed by atoms with Crippen LogP contribution >= 0.6 is 0 Å². The van der Waals surface area contributed by atoms with E-state index in [1.807, 2.05) is 6.07 Å². The van der Waals surface area contributed by atoms with Crippen molar-refractivity contribution in [1.82, 2.24) is 14.8 Å². The Kier molecular flexibility index (Phi) is 7.33. The van der Waals surface area contributed by atoms with Gasteiger partial charge in [0.05, 0.1) is 28.4 Å². The van der Waals surface area contributed by atoms with Gasteiger partial charge in [-0.15, -0.1) is 5.10 Å². The van der Waals surface area contributed by atoms with Crippen LogP contribution in [0.3, 0.4) is 0 Å². The molecule has 1 atom stereocenters. The van der Waals surface area contributed by atoms with Gasteiger partial charge in [-0.2, -0.15) is 4.68 Å². The van der Waals surface area contributed by atoms with Gasteiger partial charge in [-0.05, 0) is 42.0 Å². The highest BCUT2D eigenvalue weighted by Gasteiger charge is 2.25. The molecule has 0 radical (unpaired) electrons. The van der Waals surface area contributed by atoms with E-state index in [2.05, 4.69) is 15.4 Å². The monoisotopic (exact) mass is 504 g/mol. The van der Waals surface area contributed by atoms with Crippen molar-refractivity contribution in [3.8, 4) is 28.7 Å². The lowest BCUT2D eigenvalue weighted by Gasteiger charge is -2.22. The number of ether oxygens (including phenoxy) is 4. The van der Waals surface area contributed by atoms with Crippen molar-refractivity contribution >= 4 is 11.5 Å². The fourth-order valence-electron chi connectivity index (χ4n) is 4.02. The maximum Gasteiger partial charge on any atom is 0.348 e. The van der Waals surface area contributed by atoms with Crippen LogP contribution < -0.4 is 35.7 Å². The first-order valence-corrected chi connectivity index (χ1v) is 11.2. The van der Waals surface area contributed by atoms with Crippen molar-refractivity contribution in [1.29, 1.82) is 5.41 Å². The number of hydrogen-bond donors (Lipinski definition) is 4. The van der Waals surface area contributed by atoms with Gasteiger partial charge in [0.25, 0.3) is 0 Å². The molecule has 1 unspecified atom stereocenters. The number of aromatic amines is 1. The molecule has 0 saturated carbocycles. The van der Waals surface area contributed by atoms with E-state index in [0.29, 0.717) is 51.3 Å². The number of anilines is 1. The van der Waals surface area contributed by atoms with Crippen molar-refractivity contribution in [2.24, 2.45) is 5.73 Å². The molecule has 11 nitrogen and oxygen atoms in total. The Morgan fingerprint density at radius 2 is 1.57 bits per heavy atom. The number of benzene rings is 3. The lowest BCUT2D eigenvalue weighted by molar-refractivity contribution is 0.323. The number of H-pyrrole nitrogens is 1. The van der Waals surface area contributed by atoms with E-state index in [4.69, 9.17) is 30.1 Å². The summed E-state index contributed by atoms with van der Waals surface area (Å²) in [6, 6.07) is 17.0. The van der Waals surface area contributed by atoms with E-state index in [1.165, 1.54) is 33.1 Å². The Hall–Kier alpha value is -4.93. The van der Waals surface area contributed by atoms with Gasteiger partial charge in [-0.25, -0.2) is 4.79 Å². The summed E-state index contributed by atoms with van der Waals surface area (Å²) in [7, 11) is 6.08. The number of hydrogen-bond acceptors (Lipinski definition) is 8. The second-order valence-electron chi connectivity index (χ2n) is 7.89. The number of nitrogens with one attached hydrogen (secondary N) is 3. The van der Waals surface area contributed by atoms with Crippen LogP contribution in [0.15, 0.2) is 65.5 Å². The zero-order valence-electron chi connectivity index (χ0n) is 20.9. The van der Waals surface area contributed by atoms with Gasteiger partial charge in [-0.1, -0.05) is 24.3 Å². The molecule has 37 heavy (non-hydrogen) atoms. The molecule has 0 aliphatic rings. The molecule has 4 aromatic rings. The molecule has 1 heterocycles. The first-order chi connectivity index (χ1) is 17.9. The first kappa shape index (κ1) is 25.2. The van der Waals surface area contributed by atoms with Crippen LogP contribution in [0.2, 0.25) is 0 Å². The normalized spacial score (nSPS) is 11.5. The Morgan fingerprint density at radius 3 is 2.19 bits per heavy atom. The maximum atomic E-state index is 13.1. The average Bonchev–Trinajstić information content (AvgIpc) is 3.31. The number of nitrogens with zero attached hydrogens (tertiary/aromatic N) is 2. The van der Waals surface area contributed by atoms with Crippen LogP contribution in [0.4, 0.5) is 5.69 Å². The minimum Gasteiger partial charge on any atom is -0.494 e. The SMILES string of the molecule is COc1ccccc1-n1nc(C(Nc2ccccc2C(=N)N)c2cc(OC)c(OC)c(OC)c2)[nH]c1=O. The maximum absolute atomic E-state index is 13.1. The average molecular weight is 505 g/mol. The molecular formula is C26H28N6O5. The number of aromatic nitrogens is 3. The quantitative estimate of drug-likeness (QED) is 0.190.